The lowest BCUT2D eigenvalue weighted by atomic mass is 10.0. The van der Waals surface area contributed by atoms with Crippen molar-refractivity contribution < 1.29 is 18.8 Å². The smallest absolute Gasteiger partial charge is 0.313 e. The number of anilines is 1. The molecule has 2 aromatic carbocycles. The van der Waals surface area contributed by atoms with Crippen LogP contribution in [-0.4, -0.2) is 23.8 Å². The molecule has 0 aromatic heterocycles. The number of amides is 3. The van der Waals surface area contributed by atoms with Gasteiger partial charge in [0.2, 0.25) is 0 Å². The normalized spacial score (nSPS) is 16.6. The molecule has 4 rings (SSSR count). The zero-order valence-corrected chi connectivity index (χ0v) is 16.2. The van der Waals surface area contributed by atoms with Crippen LogP contribution in [0.25, 0.3) is 0 Å². The van der Waals surface area contributed by atoms with Gasteiger partial charge >= 0.3 is 11.8 Å². The molecule has 3 amide bonds. The molecule has 0 saturated heterocycles. The summed E-state index contributed by atoms with van der Waals surface area (Å²) < 4.78 is 13.1. The van der Waals surface area contributed by atoms with E-state index in [1.807, 2.05) is 0 Å². The highest BCUT2D eigenvalue weighted by Gasteiger charge is 2.46. The number of halogens is 2. The highest BCUT2D eigenvalue weighted by Crippen LogP contribution is 2.45. The maximum atomic E-state index is 13.1. The second-order valence-electron chi connectivity index (χ2n) is 7.44. The van der Waals surface area contributed by atoms with Gasteiger partial charge in [-0.1, -0.05) is 23.7 Å². The van der Waals surface area contributed by atoms with Crippen molar-refractivity contribution in [1.82, 2.24) is 10.6 Å². The summed E-state index contributed by atoms with van der Waals surface area (Å²) >= 11 is 6.09. The summed E-state index contributed by atoms with van der Waals surface area (Å²) in [4.78, 5) is 37.0. The number of hydrogen-bond acceptors (Lipinski definition) is 3. The Balaban J connectivity index is 1.41. The maximum Gasteiger partial charge on any atom is 0.313 e. The Morgan fingerprint density at radius 1 is 1.00 bits per heavy atom. The largest absolute Gasteiger partial charge is 0.349 e. The Morgan fingerprint density at radius 3 is 2.31 bits per heavy atom. The van der Waals surface area contributed by atoms with Crippen LogP contribution in [0.2, 0.25) is 5.02 Å². The Bertz CT molecular complexity index is 985. The predicted molar refractivity (Wildman–Crippen MR) is 106 cm³/mol. The lowest BCUT2D eigenvalue weighted by molar-refractivity contribution is -0.136. The van der Waals surface area contributed by atoms with Crippen LogP contribution in [0, 0.1) is 5.82 Å². The number of nitrogens with one attached hydrogen (secondary N) is 3. The summed E-state index contributed by atoms with van der Waals surface area (Å²) in [5.74, 6) is -2.33. The molecule has 0 unspecified atom stereocenters. The molecule has 8 heteroatoms. The van der Waals surface area contributed by atoms with Gasteiger partial charge in [-0.15, -0.1) is 0 Å². The van der Waals surface area contributed by atoms with Crippen LogP contribution in [0.4, 0.5) is 10.1 Å². The summed E-state index contributed by atoms with van der Waals surface area (Å²) in [6.45, 7) is 0. The van der Waals surface area contributed by atoms with E-state index in [1.54, 1.807) is 12.1 Å². The van der Waals surface area contributed by atoms with Crippen molar-refractivity contribution in [3.8, 4) is 0 Å². The Kier molecular flexibility index (Phi) is 5.00. The Labute approximate surface area is 171 Å². The first kappa shape index (κ1) is 19.4. The highest BCUT2D eigenvalue weighted by molar-refractivity contribution is 6.40. The molecule has 29 heavy (non-hydrogen) atoms. The van der Waals surface area contributed by atoms with Crippen LogP contribution in [0.5, 0.6) is 0 Å². The van der Waals surface area contributed by atoms with Crippen molar-refractivity contribution in [2.24, 2.45) is 0 Å². The fourth-order valence-corrected chi connectivity index (χ4v) is 3.31. The van der Waals surface area contributed by atoms with E-state index in [0.717, 1.165) is 18.4 Å². The first-order valence-corrected chi connectivity index (χ1v) is 9.74. The van der Waals surface area contributed by atoms with Crippen LogP contribution in [0.3, 0.4) is 0 Å². The summed E-state index contributed by atoms with van der Waals surface area (Å²) in [6, 6.07) is 10.5. The third-order valence-corrected chi connectivity index (χ3v) is 5.42. The number of carbonyl (C=O) groups is 3. The minimum absolute atomic E-state index is 0.170. The first-order valence-electron chi connectivity index (χ1n) is 9.36. The predicted octanol–water partition coefficient (Wildman–Crippen LogP) is 3.12. The van der Waals surface area contributed by atoms with E-state index >= 15 is 0 Å². The fraction of sp³-hybridized carbons (Fsp3) is 0.286. The molecule has 150 valence electrons. The average Bonchev–Trinajstić information content (AvgIpc) is 3.61. The van der Waals surface area contributed by atoms with Crippen LogP contribution in [0.1, 0.15) is 41.6 Å². The molecule has 0 heterocycles. The van der Waals surface area contributed by atoms with Crippen molar-refractivity contribution in [2.75, 3.05) is 5.32 Å². The van der Waals surface area contributed by atoms with Gasteiger partial charge in [0.1, 0.15) is 5.82 Å². The van der Waals surface area contributed by atoms with Crippen LogP contribution < -0.4 is 16.0 Å². The second kappa shape index (κ2) is 7.48. The van der Waals surface area contributed by atoms with Gasteiger partial charge in [0.15, 0.2) is 0 Å². The summed E-state index contributed by atoms with van der Waals surface area (Å²) in [6.07, 6.45) is 3.22. The molecule has 2 aromatic rings. The van der Waals surface area contributed by atoms with Crippen LogP contribution in [-0.2, 0) is 15.1 Å². The van der Waals surface area contributed by atoms with Crippen molar-refractivity contribution in [3.05, 3.63) is 64.4 Å². The number of benzene rings is 2. The molecule has 0 spiro atoms. The summed E-state index contributed by atoms with van der Waals surface area (Å²) in [5, 5.41) is 8.32. The third kappa shape index (κ3) is 4.40. The molecule has 2 aliphatic rings. The first-order chi connectivity index (χ1) is 13.9. The lowest BCUT2D eigenvalue weighted by Crippen LogP contribution is -2.42. The molecule has 0 aliphatic heterocycles. The standard InChI is InChI=1S/C21H19ClFN3O3/c22-17-8-7-15(11-16(17)18(27)24-14-5-6-14)25-19(28)20(29)26-21(9-10-21)12-1-3-13(23)4-2-12/h1-4,7-8,11,14H,5-6,9-10H2,(H,24,27)(H,25,28)(H,26,29). The zero-order valence-electron chi connectivity index (χ0n) is 15.4. The van der Waals surface area contributed by atoms with E-state index < -0.39 is 17.4 Å². The molecule has 2 saturated carbocycles. The molecular weight excluding hydrogens is 397 g/mol. The lowest BCUT2D eigenvalue weighted by Gasteiger charge is -2.18. The molecule has 2 fully saturated rings. The van der Waals surface area contributed by atoms with E-state index in [1.165, 1.54) is 30.3 Å². The fourth-order valence-electron chi connectivity index (χ4n) is 3.11. The third-order valence-electron chi connectivity index (χ3n) is 5.09. The number of carbonyl (C=O) groups excluding carboxylic acids is 3. The van der Waals surface area contributed by atoms with Gasteiger partial charge in [-0.05, 0) is 61.6 Å². The summed E-state index contributed by atoms with van der Waals surface area (Å²) in [5.41, 5.74) is 0.645. The number of rotatable bonds is 5. The van der Waals surface area contributed by atoms with Gasteiger partial charge in [0.05, 0.1) is 16.1 Å². The monoisotopic (exact) mass is 415 g/mol. The SMILES string of the molecule is O=C(Nc1ccc(Cl)c(C(=O)NC2CC2)c1)C(=O)NC1(c2ccc(F)cc2)CC1. The Hall–Kier alpha value is -2.93. The molecule has 3 N–H and O–H groups in total. The van der Waals surface area contributed by atoms with E-state index in [0.29, 0.717) is 18.5 Å². The Morgan fingerprint density at radius 2 is 1.69 bits per heavy atom. The highest BCUT2D eigenvalue weighted by atomic mass is 35.5. The molecule has 6 nitrogen and oxygen atoms in total. The van der Waals surface area contributed by atoms with E-state index in [4.69, 9.17) is 11.6 Å². The minimum atomic E-state index is -0.853. The van der Waals surface area contributed by atoms with E-state index in [9.17, 15) is 18.8 Å². The maximum absolute atomic E-state index is 13.1. The van der Waals surface area contributed by atoms with Crippen LogP contribution >= 0.6 is 11.6 Å². The molecule has 0 bridgehead atoms. The topological polar surface area (TPSA) is 87.3 Å². The van der Waals surface area contributed by atoms with E-state index in [2.05, 4.69) is 16.0 Å². The van der Waals surface area contributed by atoms with Crippen molar-refractivity contribution >= 4 is 35.0 Å². The van der Waals surface area contributed by atoms with Crippen molar-refractivity contribution in [2.45, 2.75) is 37.3 Å². The van der Waals surface area contributed by atoms with Crippen molar-refractivity contribution in [1.29, 1.82) is 0 Å². The van der Waals surface area contributed by atoms with Gasteiger partial charge in [-0.2, -0.15) is 0 Å². The zero-order chi connectivity index (χ0) is 20.6. The average molecular weight is 416 g/mol. The molecule has 0 atom stereocenters. The van der Waals surface area contributed by atoms with Gasteiger partial charge in [-0.3, -0.25) is 14.4 Å². The van der Waals surface area contributed by atoms with Gasteiger partial charge < -0.3 is 16.0 Å². The second-order valence-corrected chi connectivity index (χ2v) is 7.85. The molecular formula is C21H19ClFN3O3. The summed E-state index contributed by atoms with van der Waals surface area (Å²) in [7, 11) is 0. The quantitative estimate of drug-likeness (QED) is 0.656. The van der Waals surface area contributed by atoms with Crippen molar-refractivity contribution in [3.63, 3.8) is 0 Å². The minimum Gasteiger partial charge on any atom is -0.349 e. The molecule has 2 aliphatic carbocycles. The molecule has 0 radical (unpaired) electrons. The number of hydrogen-bond donors (Lipinski definition) is 3. The van der Waals surface area contributed by atoms with Gasteiger partial charge in [0.25, 0.3) is 5.91 Å². The van der Waals surface area contributed by atoms with Gasteiger partial charge in [-0.25, -0.2) is 4.39 Å². The van der Waals surface area contributed by atoms with Crippen LogP contribution in [0.15, 0.2) is 42.5 Å². The van der Waals surface area contributed by atoms with E-state index in [-0.39, 0.29) is 28.4 Å². The van der Waals surface area contributed by atoms with Gasteiger partial charge in [0, 0.05) is 11.7 Å².